The van der Waals surface area contributed by atoms with Gasteiger partial charge in [-0.05, 0) is 41.8 Å². The SMILES string of the molecule is COc1cc(CC(=O)NCCc2ccc3c(c2)OCCO3)cc(OC)c1OC. The molecule has 0 atom stereocenters. The van der Waals surface area contributed by atoms with Crippen LogP contribution in [-0.2, 0) is 17.6 Å². The summed E-state index contributed by atoms with van der Waals surface area (Å²) in [5.74, 6) is 3.01. The molecule has 0 fully saturated rings. The average Bonchev–Trinajstić information content (AvgIpc) is 2.72. The van der Waals surface area contributed by atoms with E-state index in [1.54, 1.807) is 33.5 Å². The first kappa shape index (κ1) is 19.7. The van der Waals surface area contributed by atoms with E-state index in [1.165, 1.54) is 0 Å². The number of nitrogens with one attached hydrogen (secondary N) is 1. The maximum atomic E-state index is 12.3. The molecule has 2 aromatic carbocycles. The first-order chi connectivity index (χ1) is 13.6. The molecule has 0 radical (unpaired) electrons. The van der Waals surface area contributed by atoms with Gasteiger partial charge in [0.2, 0.25) is 11.7 Å². The molecule has 0 saturated carbocycles. The summed E-state index contributed by atoms with van der Waals surface area (Å²) < 4.78 is 27.1. The Bertz CT molecular complexity index is 811. The molecule has 0 saturated heterocycles. The number of amides is 1. The summed E-state index contributed by atoms with van der Waals surface area (Å²) in [6.45, 7) is 1.66. The zero-order chi connectivity index (χ0) is 19.9. The third-order valence-electron chi connectivity index (χ3n) is 4.43. The summed E-state index contributed by atoms with van der Waals surface area (Å²) in [4.78, 5) is 12.3. The fraction of sp³-hybridized carbons (Fsp3) is 0.381. The van der Waals surface area contributed by atoms with E-state index in [9.17, 15) is 4.79 Å². The van der Waals surface area contributed by atoms with Crippen molar-refractivity contribution < 1.29 is 28.5 Å². The molecule has 0 aromatic heterocycles. The van der Waals surface area contributed by atoms with Crippen LogP contribution in [0, 0.1) is 0 Å². The maximum Gasteiger partial charge on any atom is 0.224 e. The first-order valence-corrected chi connectivity index (χ1v) is 9.08. The number of hydrogen-bond donors (Lipinski definition) is 1. The minimum Gasteiger partial charge on any atom is -0.493 e. The van der Waals surface area contributed by atoms with Gasteiger partial charge in [0.1, 0.15) is 13.2 Å². The van der Waals surface area contributed by atoms with E-state index in [0.29, 0.717) is 43.4 Å². The number of ether oxygens (including phenoxy) is 5. The molecule has 1 aliphatic rings. The van der Waals surface area contributed by atoms with Crippen LogP contribution in [0.15, 0.2) is 30.3 Å². The Hall–Kier alpha value is -3.09. The highest BCUT2D eigenvalue weighted by atomic mass is 16.6. The van der Waals surface area contributed by atoms with Gasteiger partial charge in [0.05, 0.1) is 27.8 Å². The molecule has 28 heavy (non-hydrogen) atoms. The van der Waals surface area contributed by atoms with Crippen LogP contribution in [0.3, 0.4) is 0 Å². The molecule has 1 heterocycles. The second-order valence-electron chi connectivity index (χ2n) is 6.29. The summed E-state index contributed by atoms with van der Waals surface area (Å²) in [7, 11) is 4.65. The van der Waals surface area contributed by atoms with Crippen molar-refractivity contribution in [1.82, 2.24) is 5.32 Å². The number of hydrogen-bond acceptors (Lipinski definition) is 6. The number of carbonyl (C=O) groups is 1. The molecule has 3 rings (SSSR count). The molecule has 2 aromatic rings. The number of benzene rings is 2. The van der Waals surface area contributed by atoms with Gasteiger partial charge in [-0.2, -0.15) is 0 Å². The van der Waals surface area contributed by atoms with Gasteiger partial charge in [0, 0.05) is 6.54 Å². The van der Waals surface area contributed by atoms with Crippen molar-refractivity contribution in [2.75, 3.05) is 41.1 Å². The van der Waals surface area contributed by atoms with Crippen molar-refractivity contribution in [3.05, 3.63) is 41.5 Å². The fourth-order valence-electron chi connectivity index (χ4n) is 3.07. The number of fused-ring (bicyclic) bond motifs is 1. The van der Waals surface area contributed by atoms with Gasteiger partial charge in [-0.15, -0.1) is 0 Å². The second-order valence-corrected chi connectivity index (χ2v) is 6.29. The van der Waals surface area contributed by atoms with E-state index in [1.807, 2.05) is 18.2 Å². The van der Waals surface area contributed by atoms with Crippen LogP contribution in [-0.4, -0.2) is 47.0 Å². The number of rotatable bonds is 8. The first-order valence-electron chi connectivity index (χ1n) is 9.08. The van der Waals surface area contributed by atoms with Gasteiger partial charge in [0.15, 0.2) is 23.0 Å². The predicted octanol–water partition coefficient (Wildman–Crippen LogP) is 2.39. The second kappa shape index (κ2) is 9.21. The zero-order valence-corrected chi connectivity index (χ0v) is 16.4. The van der Waals surface area contributed by atoms with Crippen LogP contribution in [0.4, 0.5) is 0 Å². The Balaban J connectivity index is 1.56. The highest BCUT2D eigenvalue weighted by Gasteiger charge is 2.15. The van der Waals surface area contributed by atoms with Crippen LogP contribution in [0.2, 0.25) is 0 Å². The largest absolute Gasteiger partial charge is 0.493 e. The van der Waals surface area contributed by atoms with Gasteiger partial charge < -0.3 is 29.0 Å². The fourth-order valence-corrected chi connectivity index (χ4v) is 3.07. The molecule has 1 amide bonds. The molecule has 7 heteroatoms. The summed E-state index contributed by atoms with van der Waals surface area (Å²) in [6, 6.07) is 9.41. The third kappa shape index (κ3) is 4.60. The van der Waals surface area contributed by atoms with E-state index in [-0.39, 0.29) is 12.3 Å². The van der Waals surface area contributed by atoms with Crippen LogP contribution in [0.1, 0.15) is 11.1 Å². The van der Waals surface area contributed by atoms with Crippen LogP contribution in [0.25, 0.3) is 0 Å². The molecule has 0 spiro atoms. The Labute approximate surface area is 164 Å². The van der Waals surface area contributed by atoms with Crippen molar-refractivity contribution in [1.29, 1.82) is 0 Å². The lowest BCUT2D eigenvalue weighted by Gasteiger charge is -2.19. The predicted molar refractivity (Wildman–Crippen MR) is 104 cm³/mol. The molecular weight excluding hydrogens is 362 g/mol. The van der Waals surface area contributed by atoms with Crippen LogP contribution in [0.5, 0.6) is 28.7 Å². The smallest absolute Gasteiger partial charge is 0.224 e. The molecular formula is C21H25NO6. The molecule has 7 nitrogen and oxygen atoms in total. The molecule has 1 aliphatic heterocycles. The van der Waals surface area contributed by atoms with E-state index in [4.69, 9.17) is 23.7 Å². The molecule has 150 valence electrons. The minimum atomic E-state index is -0.0770. The topological polar surface area (TPSA) is 75.3 Å². The summed E-state index contributed by atoms with van der Waals surface area (Å²) in [5, 5.41) is 2.94. The summed E-state index contributed by atoms with van der Waals surface area (Å²) in [5.41, 5.74) is 1.86. The maximum absolute atomic E-state index is 12.3. The lowest BCUT2D eigenvalue weighted by molar-refractivity contribution is -0.120. The van der Waals surface area contributed by atoms with Crippen LogP contribution >= 0.6 is 0 Å². The van der Waals surface area contributed by atoms with Crippen molar-refractivity contribution in [3.63, 3.8) is 0 Å². The Kier molecular flexibility index (Phi) is 6.47. The minimum absolute atomic E-state index is 0.0770. The summed E-state index contributed by atoms with van der Waals surface area (Å²) >= 11 is 0. The summed E-state index contributed by atoms with van der Waals surface area (Å²) in [6.07, 6.45) is 0.926. The number of carbonyl (C=O) groups excluding carboxylic acids is 1. The molecule has 0 unspecified atom stereocenters. The van der Waals surface area contributed by atoms with Gasteiger partial charge in [-0.3, -0.25) is 4.79 Å². The standard InChI is InChI=1S/C21H25NO6/c1-24-18-11-15(12-19(25-2)21(18)26-3)13-20(23)22-7-6-14-4-5-16-17(10-14)28-9-8-27-16/h4-5,10-12H,6-9,13H2,1-3H3,(H,22,23). The number of methoxy groups -OCH3 is 3. The van der Waals surface area contributed by atoms with Gasteiger partial charge in [-0.25, -0.2) is 0 Å². The van der Waals surface area contributed by atoms with E-state index >= 15 is 0 Å². The molecule has 0 aliphatic carbocycles. The average molecular weight is 387 g/mol. The van der Waals surface area contributed by atoms with E-state index in [0.717, 1.165) is 22.6 Å². The van der Waals surface area contributed by atoms with Gasteiger partial charge in [-0.1, -0.05) is 6.07 Å². The highest BCUT2D eigenvalue weighted by molar-refractivity contribution is 5.79. The van der Waals surface area contributed by atoms with E-state index in [2.05, 4.69) is 5.32 Å². The zero-order valence-electron chi connectivity index (χ0n) is 16.4. The molecule has 1 N–H and O–H groups in total. The highest BCUT2D eigenvalue weighted by Crippen LogP contribution is 2.38. The normalized spacial score (nSPS) is 12.2. The molecule has 0 bridgehead atoms. The van der Waals surface area contributed by atoms with Crippen molar-refractivity contribution in [2.45, 2.75) is 12.8 Å². The van der Waals surface area contributed by atoms with Crippen molar-refractivity contribution >= 4 is 5.91 Å². The Morgan fingerprint density at radius 1 is 0.929 bits per heavy atom. The monoisotopic (exact) mass is 387 g/mol. The quantitative estimate of drug-likeness (QED) is 0.750. The van der Waals surface area contributed by atoms with Gasteiger partial charge >= 0.3 is 0 Å². The third-order valence-corrected chi connectivity index (χ3v) is 4.43. The van der Waals surface area contributed by atoms with Gasteiger partial charge in [0.25, 0.3) is 0 Å². The van der Waals surface area contributed by atoms with E-state index < -0.39 is 0 Å². The Morgan fingerprint density at radius 3 is 2.25 bits per heavy atom. The van der Waals surface area contributed by atoms with Crippen molar-refractivity contribution in [2.24, 2.45) is 0 Å². The lowest BCUT2D eigenvalue weighted by Crippen LogP contribution is -2.27. The Morgan fingerprint density at radius 2 is 1.61 bits per heavy atom. The van der Waals surface area contributed by atoms with Crippen molar-refractivity contribution in [3.8, 4) is 28.7 Å². The lowest BCUT2D eigenvalue weighted by atomic mass is 10.1. The van der Waals surface area contributed by atoms with Crippen LogP contribution < -0.4 is 29.0 Å².